The van der Waals surface area contributed by atoms with E-state index in [4.69, 9.17) is 19.4 Å². The standard InChI is InChI=1S/C27H38N.C22H21N.2ClH.HI.Ru/c1-19(2)22-13-9-14-23(20(3)4)25(22)28-18-27(17-26(28,5)6)16-10-12-21-11-7-8-15-24(21)27;1-19-10-8-9-15-22(19)18-23(16-20-11-4-2-5-12-20)17-21-13-6-3-7-14-21;;;;/h7-9,11,13,15,18-20,23H,10,12,14,16-17H2,1-6H3;1-15H,16-18H2;3*1H;/q-1;;;;;+2/p-2. The van der Waals surface area contributed by atoms with Crippen molar-refractivity contribution >= 4 is 24.0 Å². The molecule has 7 rings (SSSR count). The van der Waals surface area contributed by atoms with Gasteiger partial charge in [0.15, 0.2) is 0 Å². The van der Waals surface area contributed by atoms with E-state index in [0.717, 1.165) is 19.6 Å². The minimum Gasteiger partial charge on any atom is -1.00 e. The Labute approximate surface area is 362 Å². The molecule has 2 nitrogen and oxygen atoms in total. The number of aryl methyl sites for hydroxylation is 1. The number of quaternary nitrogens is 1. The molecule has 1 N–H and O–H groups in total. The van der Waals surface area contributed by atoms with Gasteiger partial charge >= 0.3 is 169 Å². The third-order valence-electron chi connectivity index (χ3n) is 11.7. The summed E-state index contributed by atoms with van der Waals surface area (Å²) in [7, 11) is 12.3. The first-order valence-corrected chi connectivity index (χ1v) is 25.4. The van der Waals surface area contributed by atoms with E-state index in [1.807, 2.05) is 4.61 Å². The van der Waals surface area contributed by atoms with Crippen LogP contribution in [0.3, 0.4) is 0 Å². The van der Waals surface area contributed by atoms with Gasteiger partial charge in [-0.15, -0.1) is 5.41 Å². The molecule has 4 aromatic rings. The van der Waals surface area contributed by atoms with Crippen LogP contribution in [-0.2, 0) is 45.0 Å². The average molecular weight is 976 g/mol. The minimum atomic E-state index is -1.84. The summed E-state index contributed by atoms with van der Waals surface area (Å²) in [5, 5.41) is 0. The van der Waals surface area contributed by atoms with E-state index in [1.165, 1.54) is 59.3 Å². The molecule has 1 saturated heterocycles. The van der Waals surface area contributed by atoms with Crippen molar-refractivity contribution in [2.75, 3.05) is 0 Å². The largest absolute Gasteiger partial charge is 1.00 e. The maximum Gasteiger partial charge on any atom is -1.00 e. The van der Waals surface area contributed by atoms with E-state index in [-0.39, 0.29) is 34.9 Å². The molecular weight excluding hydrogens is 915 g/mol. The second-order valence-electron chi connectivity index (χ2n) is 16.9. The molecule has 4 aromatic carbocycles. The molecule has 1 aliphatic heterocycles. The molecule has 2 aliphatic carbocycles. The number of nitrogens with zero attached hydrogens (tertiary/aromatic N) is 1. The van der Waals surface area contributed by atoms with Crippen LogP contribution in [0.5, 0.6) is 0 Å². The number of fused-ring (bicyclic) bond motifs is 2. The Morgan fingerprint density at radius 1 is 0.818 bits per heavy atom. The number of rotatable bonds is 10. The van der Waals surface area contributed by atoms with Crippen LogP contribution < -0.4 is 28.9 Å². The Morgan fingerprint density at radius 3 is 2.04 bits per heavy atom. The predicted octanol–water partition coefficient (Wildman–Crippen LogP) is 8.60. The van der Waals surface area contributed by atoms with Crippen LogP contribution in [-0.4, -0.2) is 15.0 Å². The van der Waals surface area contributed by atoms with Crippen molar-refractivity contribution in [1.82, 2.24) is 4.90 Å². The van der Waals surface area contributed by atoms with Gasteiger partial charge in [0, 0.05) is 11.5 Å². The number of hydrogen-bond acceptors (Lipinski definition) is 1. The van der Waals surface area contributed by atoms with Gasteiger partial charge in [0.2, 0.25) is 0 Å². The third kappa shape index (κ3) is 11.1. The monoisotopic (exact) mass is 975 g/mol. The fourth-order valence-corrected chi connectivity index (χ4v) is 11.1. The SMILES string of the molecule is CC(C)C1=C(N2[CH-]C3(CCCc4ccccc43)CC2(C)C)C(C(C)C)CC=C1.[Cl][Ru]([Cl])=[CH]c1ccccc1C[NH+](Cc1ccccc1)Cc1ccccc1.[I-]. The Balaban J connectivity index is 0.000000208. The van der Waals surface area contributed by atoms with E-state index in [1.54, 1.807) is 22.4 Å². The molecule has 0 amide bonds. The van der Waals surface area contributed by atoms with Gasteiger partial charge in [0.25, 0.3) is 0 Å². The van der Waals surface area contributed by atoms with Gasteiger partial charge in [0.1, 0.15) is 0 Å². The summed E-state index contributed by atoms with van der Waals surface area (Å²) in [5.74, 6) is 1.84. The first kappa shape index (κ1) is 44.0. The van der Waals surface area contributed by atoms with Gasteiger partial charge in [-0.2, -0.15) is 0 Å². The molecular formula is C49H60Cl2IN2Ru-. The van der Waals surface area contributed by atoms with Gasteiger partial charge in [0.05, 0.1) is 0 Å². The number of hydrogen-bond donors (Lipinski definition) is 1. The number of nitrogens with one attached hydrogen (secondary N) is 1. The quantitative estimate of drug-likeness (QED) is 0.0952. The number of benzene rings is 4. The Hall–Kier alpha value is -2.08. The zero-order chi connectivity index (χ0) is 38.3. The fourth-order valence-electron chi connectivity index (χ4n) is 9.24. The van der Waals surface area contributed by atoms with Crippen LogP contribution in [0.25, 0.3) is 0 Å². The molecule has 0 bridgehead atoms. The molecule has 1 heterocycles. The molecule has 2 unspecified atom stereocenters. The third-order valence-corrected chi connectivity index (χ3v) is 13.5. The van der Waals surface area contributed by atoms with Crippen LogP contribution >= 0.6 is 19.4 Å². The van der Waals surface area contributed by atoms with Crippen molar-refractivity contribution in [3.8, 4) is 0 Å². The molecule has 1 spiro atoms. The molecule has 0 saturated carbocycles. The van der Waals surface area contributed by atoms with Crippen molar-refractivity contribution in [2.45, 2.75) is 104 Å². The van der Waals surface area contributed by atoms with Crippen LogP contribution in [0.4, 0.5) is 0 Å². The summed E-state index contributed by atoms with van der Waals surface area (Å²) in [6.45, 7) is 20.0. The molecule has 3 aliphatic rings. The van der Waals surface area contributed by atoms with E-state index in [0.29, 0.717) is 17.8 Å². The maximum absolute atomic E-state index is 6.13. The van der Waals surface area contributed by atoms with E-state index >= 15 is 0 Å². The van der Waals surface area contributed by atoms with Crippen LogP contribution in [0.15, 0.2) is 133 Å². The summed E-state index contributed by atoms with van der Waals surface area (Å²) in [6.07, 6.45) is 11.1. The summed E-state index contributed by atoms with van der Waals surface area (Å²) in [6, 6.07) is 39.0. The van der Waals surface area contributed by atoms with Crippen molar-refractivity contribution < 1.29 is 42.4 Å². The molecule has 0 radical (unpaired) electrons. The summed E-state index contributed by atoms with van der Waals surface area (Å²) in [5.41, 5.74) is 11.9. The predicted molar refractivity (Wildman–Crippen MR) is 228 cm³/mol. The van der Waals surface area contributed by atoms with Crippen molar-refractivity contribution in [3.05, 3.63) is 173 Å². The van der Waals surface area contributed by atoms with Crippen molar-refractivity contribution in [1.29, 1.82) is 0 Å². The number of halogens is 3. The Bertz CT molecular complexity index is 1890. The smallest absolute Gasteiger partial charge is 1.00 e. The number of allylic oxidation sites excluding steroid dienone is 4. The number of likely N-dealkylation sites (tertiary alicyclic amines) is 1. The molecule has 0 aromatic heterocycles. The van der Waals surface area contributed by atoms with Gasteiger partial charge < -0.3 is 28.9 Å². The van der Waals surface area contributed by atoms with E-state index in [9.17, 15) is 0 Å². The molecule has 55 heavy (non-hydrogen) atoms. The molecule has 2 atom stereocenters. The Kier molecular flexibility index (Phi) is 16.1. The second-order valence-corrected chi connectivity index (χ2v) is 22.6. The fraction of sp³-hybridized carbons (Fsp3) is 0.388. The maximum atomic E-state index is 6.13. The Morgan fingerprint density at radius 2 is 1.42 bits per heavy atom. The normalized spacial score (nSPS) is 20.3. The van der Waals surface area contributed by atoms with Gasteiger partial charge in [-0.1, -0.05) is 82.5 Å². The van der Waals surface area contributed by atoms with Crippen molar-refractivity contribution in [2.24, 2.45) is 17.8 Å². The van der Waals surface area contributed by atoms with Gasteiger partial charge in [-0.05, 0) is 61.8 Å². The minimum absolute atomic E-state index is 0. The zero-order valence-corrected chi connectivity index (χ0v) is 38.9. The van der Waals surface area contributed by atoms with Gasteiger partial charge in [-0.3, -0.25) is 0 Å². The summed E-state index contributed by atoms with van der Waals surface area (Å²) >= 11 is -1.84. The summed E-state index contributed by atoms with van der Waals surface area (Å²) in [4.78, 5) is 4.23. The van der Waals surface area contributed by atoms with Gasteiger partial charge in [-0.25, -0.2) is 6.54 Å². The molecule has 1 fully saturated rings. The second kappa shape index (κ2) is 20.1. The zero-order valence-electron chi connectivity index (χ0n) is 33.5. The van der Waals surface area contributed by atoms with Crippen LogP contribution in [0, 0.1) is 24.3 Å². The average Bonchev–Trinajstić information content (AvgIpc) is 3.42. The van der Waals surface area contributed by atoms with Crippen LogP contribution in [0.2, 0.25) is 0 Å². The van der Waals surface area contributed by atoms with E-state index < -0.39 is 13.5 Å². The molecule has 6 heteroatoms. The topological polar surface area (TPSA) is 7.68 Å². The molecule has 296 valence electrons. The van der Waals surface area contributed by atoms with Crippen molar-refractivity contribution in [3.63, 3.8) is 0 Å². The van der Waals surface area contributed by atoms with E-state index in [2.05, 4.69) is 174 Å². The van der Waals surface area contributed by atoms with Crippen LogP contribution in [0.1, 0.15) is 101 Å². The first-order chi connectivity index (χ1) is 26.0. The summed E-state index contributed by atoms with van der Waals surface area (Å²) < 4.78 is 2.05. The first-order valence-electron chi connectivity index (χ1n) is 19.9.